The van der Waals surface area contributed by atoms with Gasteiger partial charge in [-0.05, 0) is 31.0 Å². The maximum Gasteiger partial charge on any atom is 0.165 e. The number of hydrogen-bond donors (Lipinski definition) is 1. The van der Waals surface area contributed by atoms with Crippen molar-refractivity contribution in [1.29, 1.82) is 0 Å². The Morgan fingerprint density at radius 1 is 1.35 bits per heavy atom. The summed E-state index contributed by atoms with van der Waals surface area (Å²) >= 11 is 0. The quantitative estimate of drug-likeness (QED) is 0.875. The predicted octanol–water partition coefficient (Wildman–Crippen LogP) is 3.50. The molecule has 0 atom stereocenters. The molecule has 108 valence electrons. The van der Waals surface area contributed by atoms with Crippen LogP contribution in [0.25, 0.3) is 0 Å². The fraction of sp³-hybridized carbons (Fsp3) is 0.438. The van der Waals surface area contributed by atoms with Gasteiger partial charge in [-0.25, -0.2) is 0 Å². The third-order valence-electron chi connectivity index (χ3n) is 3.13. The molecule has 1 heterocycles. The second-order valence-corrected chi connectivity index (χ2v) is 5.27. The summed E-state index contributed by atoms with van der Waals surface area (Å²) in [7, 11) is 0. The van der Waals surface area contributed by atoms with E-state index in [0.29, 0.717) is 6.04 Å². The first kappa shape index (κ1) is 14.6. The van der Waals surface area contributed by atoms with Crippen molar-refractivity contribution in [2.24, 2.45) is 0 Å². The molecular formula is C16H23N3O. The van der Waals surface area contributed by atoms with Gasteiger partial charge in [-0.15, -0.1) is 0 Å². The van der Waals surface area contributed by atoms with Crippen LogP contribution in [0.15, 0.2) is 30.6 Å². The van der Waals surface area contributed by atoms with Gasteiger partial charge in [0.1, 0.15) is 5.75 Å². The van der Waals surface area contributed by atoms with Crippen LogP contribution in [-0.2, 0) is 13.1 Å². The van der Waals surface area contributed by atoms with Crippen molar-refractivity contribution in [1.82, 2.24) is 15.1 Å². The molecule has 0 amide bonds. The largest absolute Gasteiger partial charge is 0.454 e. The summed E-state index contributed by atoms with van der Waals surface area (Å²) in [5.74, 6) is 1.67. The summed E-state index contributed by atoms with van der Waals surface area (Å²) in [5.41, 5.74) is 2.35. The maximum absolute atomic E-state index is 5.93. The molecule has 0 unspecified atom stereocenters. The van der Waals surface area contributed by atoms with E-state index in [9.17, 15) is 0 Å². The summed E-state index contributed by atoms with van der Waals surface area (Å²) in [6.07, 6.45) is 3.67. The van der Waals surface area contributed by atoms with Crippen LogP contribution in [0.3, 0.4) is 0 Å². The second kappa shape index (κ2) is 6.57. The third-order valence-corrected chi connectivity index (χ3v) is 3.13. The van der Waals surface area contributed by atoms with Crippen LogP contribution in [-0.4, -0.2) is 15.8 Å². The topological polar surface area (TPSA) is 39.1 Å². The van der Waals surface area contributed by atoms with Crippen molar-refractivity contribution in [2.75, 3.05) is 0 Å². The van der Waals surface area contributed by atoms with Crippen LogP contribution in [0.2, 0.25) is 0 Å². The Labute approximate surface area is 120 Å². The molecule has 0 bridgehead atoms. The van der Waals surface area contributed by atoms with Gasteiger partial charge in [-0.2, -0.15) is 5.10 Å². The molecule has 1 aromatic heterocycles. The number of nitrogens with one attached hydrogen (secondary N) is 1. The fourth-order valence-corrected chi connectivity index (χ4v) is 1.88. The van der Waals surface area contributed by atoms with E-state index >= 15 is 0 Å². The molecule has 0 spiro atoms. The normalized spacial score (nSPS) is 11.1. The average Bonchev–Trinajstić information content (AvgIpc) is 2.87. The second-order valence-electron chi connectivity index (χ2n) is 5.27. The molecule has 0 radical (unpaired) electrons. The first-order valence-corrected chi connectivity index (χ1v) is 7.11. The number of benzene rings is 1. The predicted molar refractivity (Wildman–Crippen MR) is 81.1 cm³/mol. The Hall–Kier alpha value is -1.81. The summed E-state index contributed by atoms with van der Waals surface area (Å²) < 4.78 is 7.78. The molecular weight excluding hydrogens is 250 g/mol. The van der Waals surface area contributed by atoms with Gasteiger partial charge in [-0.3, -0.25) is 4.68 Å². The van der Waals surface area contributed by atoms with Gasteiger partial charge in [0, 0.05) is 19.1 Å². The lowest BCUT2D eigenvalue weighted by atomic mass is 10.1. The number of ether oxygens (including phenoxy) is 1. The van der Waals surface area contributed by atoms with Crippen molar-refractivity contribution in [3.63, 3.8) is 0 Å². The van der Waals surface area contributed by atoms with Crippen LogP contribution < -0.4 is 10.1 Å². The summed E-state index contributed by atoms with van der Waals surface area (Å²) in [6, 6.07) is 6.79. The highest BCUT2D eigenvalue weighted by atomic mass is 16.5. The molecule has 0 aliphatic rings. The minimum Gasteiger partial charge on any atom is -0.454 e. The Morgan fingerprint density at radius 2 is 2.15 bits per heavy atom. The molecule has 0 aliphatic heterocycles. The van der Waals surface area contributed by atoms with Crippen molar-refractivity contribution >= 4 is 0 Å². The van der Waals surface area contributed by atoms with Crippen LogP contribution in [0.1, 0.15) is 31.9 Å². The zero-order valence-electron chi connectivity index (χ0n) is 12.7. The van der Waals surface area contributed by atoms with E-state index < -0.39 is 0 Å². The molecule has 0 saturated carbocycles. The standard InChI is InChI=1S/C16H23N3O/c1-5-19-11-15(10-18-19)20-16-8-14(7-6-13(16)4)9-17-12(2)3/h6-8,10-12,17H,5,9H2,1-4H3. The van der Waals surface area contributed by atoms with E-state index in [1.807, 2.05) is 10.9 Å². The van der Waals surface area contributed by atoms with E-state index in [-0.39, 0.29) is 0 Å². The smallest absolute Gasteiger partial charge is 0.165 e. The van der Waals surface area contributed by atoms with Gasteiger partial charge < -0.3 is 10.1 Å². The van der Waals surface area contributed by atoms with Crippen LogP contribution in [0.5, 0.6) is 11.5 Å². The Bertz CT molecular complexity index is 561. The SMILES string of the molecule is CCn1cc(Oc2cc(CNC(C)C)ccc2C)cn1. The lowest BCUT2D eigenvalue weighted by molar-refractivity contribution is 0.476. The lowest BCUT2D eigenvalue weighted by Crippen LogP contribution is -2.21. The van der Waals surface area contributed by atoms with Crippen LogP contribution in [0, 0.1) is 6.92 Å². The molecule has 0 aliphatic carbocycles. The third kappa shape index (κ3) is 3.84. The van der Waals surface area contributed by atoms with Crippen molar-refractivity contribution < 1.29 is 4.74 Å². The molecule has 1 N–H and O–H groups in total. The van der Waals surface area contributed by atoms with Crippen molar-refractivity contribution in [2.45, 2.75) is 46.8 Å². The van der Waals surface area contributed by atoms with Crippen molar-refractivity contribution in [3.8, 4) is 11.5 Å². The van der Waals surface area contributed by atoms with Gasteiger partial charge >= 0.3 is 0 Å². The summed E-state index contributed by atoms with van der Waals surface area (Å²) in [5, 5.41) is 7.64. The number of nitrogens with zero attached hydrogens (tertiary/aromatic N) is 2. The Kier molecular flexibility index (Phi) is 4.79. The number of aromatic nitrogens is 2. The molecule has 1 aromatic carbocycles. The number of hydrogen-bond acceptors (Lipinski definition) is 3. The Morgan fingerprint density at radius 3 is 2.80 bits per heavy atom. The maximum atomic E-state index is 5.93. The van der Waals surface area contributed by atoms with E-state index in [1.54, 1.807) is 6.20 Å². The summed E-state index contributed by atoms with van der Waals surface area (Å²) in [6.45, 7) is 10.1. The van der Waals surface area contributed by atoms with Gasteiger partial charge in [0.15, 0.2) is 5.75 Å². The minimum absolute atomic E-state index is 0.475. The number of aryl methyl sites for hydroxylation is 2. The summed E-state index contributed by atoms with van der Waals surface area (Å²) in [4.78, 5) is 0. The minimum atomic E-state index is 0.475. The molecule has 20 heavy (non-hydrogen) atoms. The van der Waals surface area contributed by atoms with Crippen LogP contribution in [0.4, 0.5) is 0 Å². The molecule has 4 nitrogen and oxygen atoms in total. The van der Waals surface area contributed by atoms with Crippen molar-refractivity contribution in [3.05, 3.63) is 41.7 Å². The first-order valence-electron chi connectivity index (χ1n) is 7.11. The monoisotopic (exact) mass is 273 g/mol. The highest BCUT2D eigenvalue weighted by molar-refractivity contribution is 5.39. The van der Waals surface area contributed by atoms with E-state index in [4.69, 9.17) is 4.74 Å². The lowest BCUT2D eigenvalue weighted by Gasteiger charge is -2.11. The number of rotatable bonds is 6. The van der Waals surface area contributed by atoms with Gasteiger partial charge in [0.2, 0.25) is 0 Å². The molecule has 4 heteroatoms. The fourth-order valence-electron chi connectivity index (χ4n) is 1.88. The molecule has 0 fully saturated rings. The first-order chi connectivity index (χ1) is 9.58. The van der Waals surface area contributed by atoms with E-state index in [0.717, 1.165) is 30.2 Å². The van der Waals surface area contributed by atoms with Gasteiger partial charge in [0.25, 0.3) is 0 Å². The van der Waals surface area contributed by atoms with Gasteiger partial charge in [-0.1, -0.05) is 26.0 Å². The highest BCUT2D eigenvalue weighted by Gasteiger charge is 2.05. The zero-order valence-corrected chi connectivity index (χ0v) is 12.7. The van der Waals surface area contributed by atoms with Crippen LogP contribution >= 0.6 is 0 Å². The molecule has 2 rings (SSSR count). The Balaban J connectivity index is 2.11. The molecule has 2 aromatic rings. The highest BCUT2D eigenvalue weighted by Crippen LogP contribution is 2.25. The van der Waals surface area contributed by atoms with E-state index in [2.05, 4.69) is 56.3 Å². The molecule has 0 saturated heterocycles. The average molecular weight is 273 g/mol. The van der Waals surface area contributed by atoms with E-state index in [1.165, 1.54) is 5.56 Å². The zero-order chi connectivity index (χ0) is 14.5. The van der Waals surface area contributed by atoms with Gasteiger partial charge in [0.05, 0.1) is 12.4 Å².